The monoisotopic (exact) mass is 239 g/mol. The minimum absolute atomic E-state index is 0.414. The van der Waals surface area contributed by atoms with Crippen molar-refractivity contribution in [3.05, 3.63) is 12.2 Å². The van der Waals surface area contributed by atoms with E-state index in [-0.39, 0.29) is 0 Å². The van der Waals surface area contributed by atoms with Gasteiger partial charge in [-0.3, -0.25) is 0 Å². The van der Waals surface area contributed by atoms with Crippen molar-refractivity contribution < 1.29 is 0 Å². The molecule has 16 heavy (non-hydrogen) atoms. The summed E-state index contributed by atoms with van der Waals surface area (Å²) in [5.74, 6) is 3.98. The number of rotatable bonds is 5. The molecule has 0 aromatic carbocycles. The van der Waals surface area contributed by atoms with Gasteiger partial charge < -0.3 is 5.32 Å². The lowest BCUT2D eigenvalue weighted by Gasteiger charge is -2.20. The molecule has 2 aliphatic rings. The number of hydrogen-bond donors (Lipinski definition) is 1. The van der Waals surface area contributed by atoms with Crippen LogP contribution < -0.4 is 5.32 Å². The van der Waals surface area contributed by atoms with Crippen molar-refractivity contribution in [1.29, 1.82) is 0 Å². The fraction of sp³-hybridized carbons (Fsp3) is 0.857. The van der Waals surface area contributed by atoms with Crippen LogP contribution in [0.4, 0.5) is 0 Å². The SMILES string of the molecule is CC(C)(C)SCCNCC1CC2C=CC1C2. The van der Waals surface area contributed by atoms with Crippen molar-refractivity contribution in [2.75, 3.05) is 18.8 Å². The Kier molecular flexibility index (Phi) is 4.01. The van der Waals surface area contributed by atoms with E-state index >= 15 is 0 Å². The average molecular weight is 239 g/mol. The molecular weight excluding hydrogens is 214 g/mol. The van der Waals surface area contributed by atoms with E-state index in [0.29, 0.717) is 4.75 Å². The standard InChI is InChI=1S/C14H25NS/c1-14(2,3)16-7-6-15-10-13-9-11-4-5-12(13)8-11/h4-5,11-13,15H,6-10H2,1-3H3. The van der Waals surface area contributed by atoms with Crippen LogP contribution in [0.1, 0.15) is 33.6 Å². The molecule has 3 unspecified atom stereocenters. The van der Waals surface area contributed by atoms with E-state index in [1.165, 1.54) is 31.7 Å². The third-order valence-corrected chi connectivity index (χ3v) is 4.91. The second-order valence-corrected chi connectivity index (χ2v) is 8.13. The summed E-state index contributed by atoms with van der Waals surface area (Å²) in [6.45, 7) is 9.27. The number of thioether (sulfide) groups is 1. The van der Waals surface area contributed by atoms with Crippen LogP contribution in [-0.2, 0) is 0 Å². The molecular formula is C14H25NS. The summed E-state index contributed by atoms with van der Waals surface area (Å²) in [5.41, 5.74) is 0. The van der Waals surface area contributed by atoms with Crippen LogP contribution in [0.25, 0.3) is 0 Å². The molecule has 0 amide bonds. The summed E-state index contributed by atoms with van der Waals surface area (Å²) in [6, 6.07) is 0. The molecule has 1 fully saturated rings. The Hall–Kier alpha value is 0.0500. The van der Waals surface area contributed by atoms with Crippen molar-refractivity contribution in [2.45, 2.75) is 38.4 Å². The Bertz CT molecular complexity index is 254. The summed E-state index contributed by atoms with van der Waals surface area (Å²) >= 11 is 2.05. The molecule has 2 heteroatoms. The van der Waals surface area contributed by atoms with Gasteiger partial charge >= 0.3 is 0 Å². The molecule has 0 radical (unpaired) electrons. The smallest absolute Gasteiger partial charge is 0.00755 e. The van der Waals surface area contributed by atoms with Gasteiger partial charge in [0.2, 0.25) is 0 Å². The van der Waals surface area contributed by atoms with Gasteiger partial charge in [-0.1, -0.05) is 32.9 Å². The molecule has 1 nitrogen and oxygen atoms in total. The number of hydrogen-bond acceptors (Lipinski definition) is 2. The first-order valence-corrected chi connectivity index (χ1v) is 7.56. The normalized spacial score (nSPS) is 32.6. The zero-order valence-electron chi connectivity index (χ0n) is 10.8. The summed E-state index contributed by atoms with van der Waals surface area (Å²) in [5, 5.41) is 3.63. The molecule has 0 aromatic heterocycles. The fourth-order valence-electron chi connectivity index (χ4n) is 2.85. The molecule has 3 atom stereocenters. The van der Waals surface area contributed by atoms with Crippen LogP contribution in [0.5, 0.6) is 0 Å². The van der Waals surface area contributed by atoms with Gasteiger partial charge in [0.1, 0.15) is 0 Å². The maximum Gasteiger partial charge on any atom is 0.00755 e. The van der Waals surface area contributed by atoms with Gasteiger partial charge in [0.15, 0.2) is 0 Å². The second-order valence-electron chi connectivity index (χ2n) is 6.21. The van der Waals surface area contributed by atoms with Crippen molar-refractivity contribution in [3.63, 3.8) is 0 Å². The first-order valence-electron chi connectivity index (χ1n) is 6.57. The first-order chi connectivity index (χ1) is 7.54. The van der Waals surface area contributed by atoms with Gasteiger partial charge in [-0.05, 0) is 37.1 Å². The van der Waals surface area contributed by atoms with Gasteiger partial charge in [0.05, 0.1) is 0 Å². The van der Waals surface area contributed by atoms with E-state index in [9.17, 15) is 0 Å². The molecule has 0 heterocycles. The Morgan fingerprint density at radius 1 is 1.25 bits per heavy atom. The zero-order valence-corrected chi connectivity index (χ0v) is 11.6. The van der Waals surface area contributed by atoms with Crippen LogP contribution in [0.2, 0.25) is 0 Å². The molecule has 92 valence electrons. The Morgan fingerprint density at radius 3 is 2.62 bits per heavy atom. The summed E-state index contributed by atoms with van der Waals surface area (Å²) in [6.07, 6.45) is 7.74. The van der Waals surface area contributed by atoms with Gasteiger partial charge in [0, 0.05) is 17.0 Å². The molecule has 1 N–H and O–H groups in total. The first kappa shape index (κ1) is 12.5. The van der Waals surface area contributed by atoms with E-state index in [1.54, 1.807) is 0 Å². The number of fused-ring (bicyclic) bond motifs is 2. The van der Waals surface area contributed by atoms with Crippen molar-refractivity contribution >= 4 is 11.8 Å². The van der Waals surface area contributed by atoms with Gasteiger partial charge in [-0.2, -0.15) is 11.8 Å². The predicted octanol–water partition coefficient (Wildman–Crippen LogP) is 3.32. The van der Waals surface area contributed by atoms with Crippen LogP contribution >= 0.6 is 11.8 Å². The third-order valence-electron chi connectivity index (χ3n) is 3.64. The van der Waals surface area contributed by atoms with E-state index in [0.717, 1.165) is 17.8 Å². The second kappa shape index (κ2) is 5.14. The number of allylic oxidation sites excluding steroid dienone is 2. The van der Waals surface area contributed by atoms with Crippen LogP contribution in [-0.4, -0.2) is 23.6 Å². The Labute approximate surface area is 104 Å². The molecule has 2 rings (SSSR count). The summed E-state index contributed by atoms with van der Waals surface area (Å²) in [7, 11) is 0. The Morgan fingerprint density at radius 2 is 2.06 bits per heavy atom. The van der Waals surface area contributed by atoms with E-state index in [4.69, 9.17) is 0 Å². The lowest BCUT2D eigenvalue weighted by molar-refractivity contribution is 0.420. The highest BCUT2D eigenvalue weighted by Crippen LogP contribution is 2.42. The molecule has 0 aromatic rings. The van der Waals surface area contributed by atoms with Crippen LogP contribution in [0.3, 0.4) is 0 Å². The fourth-order valence-corrected chi connectivity index (χ4v) is 3.70. The lowest BCUT2D eigenvalue weighted by Crippen LogP contribution is -2.28. The molecule has 0 spiro atoms. The molecule has 0 aliphatic heterocycles. The maximum atomic E-state index is 3.63. The van der Waals surface area contributed by atoms with E-state index in [1.807, 2.05) is 0 Å². The topological polar surface area (TPSA) is 12.0 Å². The third kappa shape index (κ3) is 3.53. The van der Waals surface area contributed by atoms with Crippen LogP contribution in [0, 0.1) is 17.8 Å². The van der Waals surface area contributed by atoms with Crippen molar-refractivity contribution in [3.8, 4) is 0 Å². The van der Waals surface area contributed by atoms with Crippen LogP contribution in [0.15, 0.2) is 12.2 Å². The highest BCUT2D eigenvalue weighted by molar-refractivity contribution is 8.00. The largest absolute Gasteiger partial charge is 0.316 e. The number of nitrogens with one attached hydrogen (secondary N) is 1. The molecule has 2 bridgehead atoms. The van der Waals surface area contributed by atoms with Crippen molar-refractivity contribution in [1.82, 2.24) is 5.32 Å². The highest BCUT2D eigenvalue weighted by atomic mass is 32.2. The zero-order chi connectivity index (χ0) is 11.6. The summed E-state index contributed by atoms with van der Waals surface area (Å²) < 4.78 is 0.414. The Balaban J connectivity index is 1.54. The van der Waals surface area contributed by atoms with Gasteiger partial charge in [0.25, 0.3) is 0 Å². The summed E-state index contributed by atoms with van der Waals surface area (Å²) in [4.78, 5) is 0. The lowest BCUT2D eigenvalue weighted by atomic mass is 9.94. The van der Waals surface area contributed by atoms with E-state index < -0.39 is 0 Å². The molecule has 2 aliphatic carbocycles. The highest BCUT2D eigenvalue weighted by Gasteiger charge is 2.34. The predicted molar refractivity (Wildman–Crippen MR) is 73.9 cm³/mol. The average Bonchev–Trinajstić information content (AvgIpc) is 2.76. The van der Waals surface area contributed by atoms with Crippen molar-refractivity contribution in [2.24, 2.45) is 17.8 Å². The van der Waals surface area contributed by atoms with Gasteiger partial charge in [-0.25, -0.2) is 0 Å². The molecule has 0 saturated heterocycles. The van der Waals surface area contributed by atoms with Gasteiger partial charge in [-0.15, -0.1) is 0 Å². The maximum absolute atomic E-state index is 3.63. The molecule has 1 saturated carbocycles. The van der Waals surface area contributed by atoms with E-state index in [2.05, 4.69) is 50.0 Å². The quantitative estimate of drug-likeness (QED) is 0.583. The minimum Gasteiger partial charge on any atom is -0.316 e. The minimum atomic E-state index is 0.414.